The normalized spacial score (nSPS) is 16.1. The number of fused-ring (bicyclic) bond motifs is 1. The van der Waals surface area contributed by atoms with Crippen LogP contribution in [0.5, 0.6) is 0 Å². The predicted octanol–water partition coefficient (Wildman–Crippen LogP) is 4.24. The summed E-state index contributed by atoms with van der Waals surface area (Å²) >= 11 is 4.99. The average molecular weight is 560 g/mol. The molecule has 176 valence electrons. The molecule has 0 saturated carbocycles. The molecule has 3 heterocycles. The summed E-state index contributed by atoms with van der Waals surface area (Å²) in [6, 6.07) is 12.7. The zero-order valence-electron chi connectivity index (χ0n) is 18.3. The van der Waals surface area contributed by atoms with Crippen LogP contribution in [0.1, 0.15) is 11.3 Å². The molecular formula is C23H22BrN5O3S2. The number of H-pyrrole nitrogens is 1. The fourth-order valence-corrected chi connectivity index (χ4v) is 6.28. The molecule has 1 aliphatic heterocycles. The highest BCUT2D eigenvalue weighted by Crippen LogP contribution is 2.22. The van der Waals surface area contributed by atoms with Gasteiger partial charge in [0.2, 0.25) is 14.8 Å². The summed E-state index contributed by atoms with van der Waals surface area (Å²) in [5, 5.41) is 7.72. The van der Waals surface area contributed by atoms with Crippen LogP contribution in [0.3, 0.4) is 0 Å². The summed E-state index contributed by atoms with van der Waals surface area (Å²) in [5.41, 5.74) is 3.61. The molecule has 0 unspecified atom stereocenters. The molecular weight excluding hydrogens is 538 g/mol. The molecule has 1 N–H and O–H groups in total. The third kappa shape index (κ3) is 4.66. The summed E-state index contributed by atoms with van der Waals surface area (Å²) in [7, 11) is -3.53. The first-order valence-electron chi connectivity index (χ1n) is 10.6. The lowest BCUT2D eigenvalue weighted by Gasteiger charge is -2.26. The van der Waals surface area contributed by atoms with Gasteiger partial charge in [0.1, 0.15) is 0 Å². The second-order valence-electron chi connectivity index (χ2n) is 7.77. The molecule has 8 nitrogen and oxygen atoms in total. The van der Waals surface area contributed by atoms with E-state index in [0.29, 0.717) is 36.8 Å². The first-order valence-corrected chi connectivity index (χ1v) is 13.7. The minimum absolute atomic E-state index is 0.257. The lowest BCUT2D eigenvalue weighted by molar-refractivity contribution is 0.0730. The first-order chi connectivity index (χ1) is 16.4. The van der Waals surface area contributed by atoms with E-state index in [4.69, 9.17) is 9.73 Å². The number of ether oxygens (including phenoxy) is 1. The minimum Gasteiger partial charge on any atom is -0.379 e. The lowest BCUT2D eigenvalue weighted by Crippen LogP contribution is -2.40. The summed E-state index contributed by atoms with van der Waals surface area (Å²) < 4.78 is 35.2. The number of rotatable bonds is 5. The maximum atomic E-state index is 12.8. The van der Waals surface area contributed by atoms with Gasteiger partial charge in [0, 0.05) is 45.6 Å². The Morgan fingerprint density at radius 2 is 1.91 bits per heavy atom. The second kappa shape index (κ2) is 9.59. The zero-order valence-corrected chi connectivity index (χ0v) is 21.5. The van der Waals surface area contributed by atoms with E-state index >= 15 is 0 Å². The number of aryl methyl sites for hydroxylation is 1. The van der Waals surface area contributed by atoms with Crippen LogP contribution in [-0.4, -0.2) is 54.9 Å². The third-order valence-corrected chi connectivity index (χ3v) is 8.85. The quantitative estimate of drug-likeness (QED) is 0.371. The highest BCUT2D eigenvalue weighted by Gasteiger charge is 2.26. The van der Waals surface area contributed by atoms with Gasteiger partial charge in [0.15, 0.2) is 0 Å². The van der Waals surface area contributed by atoms with Crippen molar-refractivity contribution in [2.24, 2.45) is 10.1 Å². The van der Waals surface area contributed by atoms with Crippen LogP contribution < -0.4 is 4.80 Å². The van der Waals surface area contributed by atoms with Crippen molar-refractivity contribution in [1.82, 2.24) is 14.0 Å². The molecule has 4 aromatic rings. The topological polar surface area (TPSA) is 92.0 Å². The molecule has 2 aromatic carbocycles. The Kier molecular flexibility index (Phi) is 6.54. The number of nitrogens with zero attached hydrogens (tertiary/aromatic N) is 4. The Hall–Kier alpha value is -2.57. The Morgan fingerprint density at radius 1 is 1.15 bits per heavy atom. The van der Waals surface area contributed by atoms with Gasteiger partial charge in [0.05, 0.1) is 35.7 Å². The van der Waals surface area contributed by atoms with Crippen molar-refractivity contribution < 1.29 is 13.2 Å². The molecule has 5 rings (SSSR count). The summed E-state index contributed by atoms with van der Waals surface area (Å²) in [5.74, 6) is 0. The van der Waals surface area contributed by atoms with Gasteiger partial charge in [-0.25, -0.2) is 18.1 Å². The summed E-state index contributed by atoms with van der Waals surface area (Å²) in [6.07, 6.45) is 3.73. The smallest absolute Gasteiger partial charge is 0.243 e. The number of nitrogens with one attached hydrogen (secondary N) is 1. The van der Waals surface area contributed by atoms with Gasteiger partial charge < -0.3 is 9.72 Å². The van der Waals surface area contributed by atoms with Crippen LogP contribution in [0.4, 0.5) is 5.69 Å². The molecule has 1 saturated heterocycles. The molecule has 2 aromatic heterocycles. The number of thiazole rings is 1. The number of benzene rings is 2. The molecule has 0 atom stereocenters. The largest absolute Gasteiger partial charge is 0.379 e. The molecule has 0 spiro atoms. The van der Waals surface area contributed by atoms with E-state index in [1.165, 1.54) is 15.6 Å². The van der Waals surface area contributed by atoms with E-state index in [1.807, 2.05) is 36.8 Å². The molecule has 0 bridgehead atoms. The number of hydrogen-bond donors (Lipinski definition) is 1. The van der Waals surface area contributed by atoms with Crippen molar-refractivity contribution in [3.8, 4) is 0 Å². The van der Waals surface area contributed by atoms with Crippen molar-refractivity contribution in [3.63, 3.8) is 0 Å². The molecule has 1 fully saturated rings. The highest BCUT2D eigenvalue weighted by atomic mass is 79.9. The number of sulfonamides is 1. The zero-order chi connectivity index (χ0) is 23.7. The molecule has 0 radical (unpaired) electrons. The number of halogens is 1. The van der Waals surface area contributed by atoms with Gasteiger partial charge in [0.25, 0.3) is 0 Å². The number of morpholine rings is 1. The monoisotopic (exact) mass is 559 g/mol. The van der Waals surface area contributed by atoms with Crippen LogP contribution in [0, 0.1) is 6.92 Å². The van der Waals surface area contributed by atoms with Gasteiger partial charge in [-0.1, -0.05) is 15.9 Å². The minimum atomic E-state index is -3.53. The molecule has 0 amide bonds. The number of aromatic amines is 1. The van der Waals surface area contributed by atoms with E-state index in [2.05, 4.69) is 32.1 Å². The van der Waals surface area contributed by atoms with Crippen LogP contribution >= 0.6 is 27.3 Å². The van der Waals surface area contributed by atoms with Crippen molar-refractivity contribution in [1.29, 1.82) is 0 Å². The second-order valence-corrected chi connectivity index (χ2v) is 11.5. The molecule has 1 aliphatic rings. The van der Waals surface area contributed by atoms with E-state index < -0.39 is 10.0 Å². The van der Waals surface area contributed by atoms with Crippen molar-refractivity contribution >= 4 is 60.1 Å². The van der Waals surface area contributed by atoms with Crippen LogP contribution in [0.15, 0.2) is 73.5 Å². The molecule has 34 heavy (non-hydrogen) atoms. The number of aromatic nitrogens is 2. The maximum absolute atomic E-state index is 12.8. The van der Waals surface area contributed by atoms with Crippen molar-refractivity contribution in [3.05, 3.63) is 74.6 Å². The molecule has 11 heteroatoms. The van der Waals surface area contributed by atoms with Crippen LogP contribution in [-0.2, 0) is 14.8 Å². The van der Waals surface area contributed by atoms with Crippen LogP contribution in [0.25, 0.3) is 10.9 Å². The van der Waals surface area contributed by atoms with Gasteiger partial charge in [-0.15, -0.1) is 11.3 Å². The van der Waals surface area contributed by atoms with Crippen molar-refractivity contribution in [2.45, 2.75) is 11.8 Å². The van der Waals surface area contributed by atoms with E-state index in [9.17, 15) is 8.42 Å². The van der Waals surface area contributed by atoms with Gasteiger partial charge in [-0.3, -0.25) is 0 Å². The highest BCUT2D eigenvalue weighted by molar-refractivity contribution is 9.10. The van der Waals surface area contributed by atoms with Crippen LogP contribution in [0.2, 0.25) is 0 Å². The Bertz CT molecular complexity index is 1530. The maximum Gasteiger partial charge on any atom is 0.243 e. The van der Waals surface area contributed by atoms with E-state index in [1.54, 1.807) is 28.9 Å². The van der Waals surface area contributed by atoms with Gasteiger partial charge >= 0.3 is 0 Å². The standard InChI is InChI=1S/C23H22BrN5O3S2/c1-16-15-33-23(29(16)26-14-17-13-25-22-7-2-18(24)12-21(17)22)27-19-3-5-20(6-4-19)34(30,31)28-8-10-32-11-9-28/h2-7,12-15,25H,8-11H2,1H3. The first kappa shape index (κ1) is 23.2. The predicted molar refractivity (Wildman–Crippen MR) is 137 cm³/mol. The average Bonchev–Trinajstić information content (AvgIpc) is 3.41. The lowest BCUT2D eigenvalue weighted by atomic mass is 10.2. The summed E-state index contributed by atoms with van der Waals surface area (Å²) in [6.45, 7) is 3.54. The van der Waals surface area contributed by atoms with Crippen molar-refractivity contribution in [2.75, 3.05) is 26.3 Å². The fraction of sp³-hybridized carbons (Fsp3) is 0.217. The Morgan fingerprint density at radius 3 is 2.68 bits per heavy atom. The third-order valence-electron chi connectivity index (χ3n) is 5.51. The number of hydrogen-bond acceptors (Lipinski definition) is 6. The summed E-state index contributed by atoms with van der Waals surface area (Å²) in [4.78, 5) is 8.90. The van der Waals surface area contributed by atoms with E-state index in [0.717, 1.165) is 26.6 Å². The molecule has 0 aliphatic carbocycles. The van der Waals surface area contributed by atoms with Gasteiger partial charge in [-0.05, 0) is 49.4 Å². The fourth-order valence-electron chi connectivity index (χ4n) is 3.68. The SMILES string of the molecule is Cc1csc(=Nc2ccc(S(=O)(=O)N3CCOCC3)cc2)n1N=Cc1c[nH]c2ccc(Br)cc12. The Balaban J connectivity index is 1.43. The van der Waals surface area contributed by atoms with Gasteiger partial charge in [-0.2, -0.15) is 9.41 Å². The van der Waals surface area contributed by atoms with E-state index in [-0.39, 0.29) is 4.90 Å². The Labute approximate surface area is 209 Å².